The highest BCUT2D eigenvalue weighted by Gasteiger charge is 2.48. The van der Waals surface area contributed by atoms with Crippen molar-refractivity contribution in [3.05, 3.63) is 34.4 Å². The van der Waals surface area contributed by atoms with Gasteiger partial charge in [0.2, 0.25) is 11.5 Å². The van der Waals surface area contributed by atoms with Gasteiger partial charge in [0.05, 0.1) is 27.4 Å². The van der Waals surface area contributed by atoms with Crippen LogP contribution >= 0.6 is 0 Å². The first kappa shape index (κ1) is 33.5. The predicted molar refractivity (Wildman–Crippen MR) is 145 cm³/mol. The molecule has 0 spiro atoms. The van der Waals surface area contributed by atoms with Gasteiger partial charge in [-0.3, -0.25) is 0 Å². The molecule has 0 bridgehead atoms. The highest BCUT2D eigenvalue weighted by Crippen LogP contribution is 2.51. The third-order valence-electron chi connectivity index (χ3n) is 8.11. The first-order valence-electron chi connectivity index (χ1n) is 13.7. The maximum atomic E-state index is 13.5. The van der Waals surface area contributed by atoms with Gasteiger partial charge in [-0.05, 0) is 12.1 Å². The van der Waals surface area contributed by atoms with E-state index in [-0.39, 0.29) is 11.1 Å². The van der Waals surface area contributed by atoms with Crippen LogP contribution in [0, 0.1) is 0 Å². The van der Waals surface area contributed by atoms with Gasteiger partial charge in [-0.15, -0.1) is 0 Å². The van der Waals surface area contributed by atoms with E-state index in [2.05, 4.69) is 0 Å². The molecule has 18 heteroatoms. The molecule has 2 saturated heterocycles. The Morgan fingerprint density at radius 2 is 0.957 bits per heavy atom. The number of methoxy groups -OCH3 is 2. The summed E-state index contributed by atoms with van der Waals surface area (Å²) in [5.74, 6) is -7.20. The number of hydrogen-bond donors (Lipinski definition) is 10. The zero-order valence-electron chi connectivity index (χ0n) is 24.1. The van der Waals surface area contributed by atoms with Crippen LogP contribution in [0.2, 0.25) is 0 Å². The lowest BCUT2D eigenvalue weighted by atomic mass is 9.89. The van der Waals surface area contributed by atoms with Crippen LogP contribution in [0.1, 0.15) is 44.1 Å². The normalized spacial score (nSPS) is 32.7. The van der Waals surface area contributed by atoms with Gasteiger partial charge in [0, 0.05) is 11.1 Å². The van der Waals surface area contributed by atoms with Crippen molar-refractivity contribution < 1.29 is 89.1 Å². The molecule has 1 unspecified atom stereocenters. The smallest absolute Gasteiger partial charge is 0.347 e. The first-order chi connectivity index (χ1) is 21.8. The van der Waals surface area contributed by atoms with Crippen molar-refractivity contribution in [1.82, 2.24) is 0 Å². The summed E-state index contributed by atoms with van der Waals surface area (Å²) in [7, 11) is 2.15. The number of aliphatic hydroxyl groups excluding tert-OH is 8. The molecule has 10 N–H and O–H groups in total. The monoisotopic (exact) mass is 656 g/mol. The Morgan fingerprint density at radius 3 is 1.26 bits per heavy atom. The lowest BCUT2D eigenvalue weighted by Gasteiger charge is -2.40. The predicted octanol–water partition coefficient (Wildman–Crippen LogP) is -3.10. The quantitative estimate of drug-likeness (QED) is 0.109. The van der Waals surface area contributed by atoms with Crippen LogP contribution in [-0.4, -0.2) is 139 Å². The van der Waals surface area contributed by atoms with Gasteiger partial charge < -0.3 is 79.5 Å². The third kappa shape index (κ3) is 5.27. The average Bonchev–Trinajstić information content (AvgIpc) is 3.03. The largest absolute Gasteiger partial charge is 0.502 e. The van der Waals surface area contributed by atoms with E-state index in [1.165, 1.54) is 0 Å². The van der Waals surface area contributed by atoms with E-state index in [1.807, 2.05) is 0 Å². The van der Waals surface area contributed by atoms with E-state index in [9.17, 15) is 60.7 Å². The van der Waals surface area contributed by atoms with Crippen LogP contribution in [0.5, 0.6) is 34.5 Å². The number of benzene rings is 2. The van der Waals surface area contributed by atoms with Crippen molar-refractivity contribution in [3.8, 4) is 34.5 Å². The van der Waals surface area contributed by atoms with Crippen LogP contribution in [0.15, 0.2) is 12.1 Å². The van der Waals surface area contributed by atoms with Gasteiger partial charge in [-0.2, -0.15) is 0 Å². The van der Waals surface area contributed by atoms with E-state index < -0.39 is 132 Å². The molecule has 18 nitrogen and oxygen atoms in total. The van der Waals surface area contributed by atoms with Gasteiger partial charge in [0.1, 0.15) is 72.2 Å². The summed E-state index contributed by atoms with van der Waals surface area (Å²) < 4.78 is 32.2. The number of phenols is 2. The van der Waals surface area contributed by atoms with Gasteiger partial charge in [0.25, 0.3) is 0 Å². The molecule has 252 valence electrons. The zero-order chi connectivity index (χ0) is 33.8. The summed E-state index contributed by atoms with van der Waals surface area (Å²) in [5.41, 5.74) is -1.88. The molecular weight excluding hydrogens is 624 g/mol. The molecule has 10 atom stereocenters. The summed E-state index contributed by atoms with van der Waals surface area (Å²) in [6.07, 6.45) is -16.9. The Labute approximate surface area is 258 Å². The number of esters is 2. The molecule has 3 aliphatic rings. The maximum absolute atomic E-state index is 13.5. The summed E-state index contributed by atoms with van der Waals surface area (Å²) in [6, 6.07) is 1.88. The fraction of sp³-hybridized carbons (Fsp3) is 0.500. The van der Waals surface area contributed by atoms with Crippen LogP contribution < -0.4 is 18.9 Å². The molecule has 0 radical (unpaired) electrons. The van der Waals surface area contributed by atoms with Crippen molar-refractivity contribution in [2.45, 2.75) is 61.0 Å². The van der Waals surface area contributed by atoms with E-state index in [0.717, 1.165) is 26.4 Å². The lowest BCUT2D eigenvalue weighted by Crippen LogP contribution is -2.55. The average molecular weight is 657 g/mol. The Morgan fingerprint density at radius 1 is 0.609 bits per heavy atom. The first-order valence-corrected chi connectivity index (χ1v) is 13.7. The van der Waals surface area contributed by atoms with Gasteiger partial charge >= 0.3 is 11.9 Å². The summed E-state index contributed by atoms with van der Waals surface area (Å²) in [4.78, 5) is 27.0. The standard InChI is InChI=1S/C28H32O18/c1-41-21-7(23-17(35)15(33)13(31)11(5-29)43-23)3-9-25(19(21)37)45-28(40)10-4-8(22(42-2)20(38)26(10)46-27(9)39)24-18(36)16(34)14(32)12(6-30)44-24/h3-4,11-18,23-24,29-38H,5-6H2,1-2H3/t11-,12-,13-,14-,15+,16+,17-,18-,23+,24?/m1/s1. The van der Waals surface area contributed by atoms with E-state index >= 15 is 0 Å². The fourth-order valence-electron chi connectivity index (χ4n) is 5.68. The van der Waals surface area contributed by atoms with E-state index in [0.29, 0.717) is 0 Å². The van der Waals surface area contributed by atoms with Crippen molar-refractivity contribution in [3.63, 3.8) is 0 Å². The number of rotatable bonds is 6. The van der Waals surface area contributed by atoms with Crippen molar-refractivity contribution >= 4 is 11.9 Å². The lowest BCUT2D eigenvalue weighted by molar-refractivity contribution is -0.232. The maximum Gasteiger partial charge on any atom is 0.347 e. The number of phenolic OH excluding ortho intramolecular Hbond substituents is 2. The Hall–Kier alpha value is -3.82. The molecule has 3 aliphatic heterocycles. The van der Waals surface area contributed by atoms with E-state index in [1.54, 1.807) is 0 Å². The minimum atomic E-state index is -1.87. The van der Waals surface area contributed by atoms with Crippen LogP contribution in [0.3, 0.4) is 0 Å². The fourth-order valence-corrected chi connectivity index (χ4v) is 5.68. The molecule has 2 aromatic rings. The Bertz CT molecular complexity index is 1390. The van der Waals surface area contributed by atoms with Gasteiger partial charge in [-0.25, -0.2) is 9.59 Å². The highest BCUT2D eigenvalue weighted by atomic mass is 16.6. The number of aliphatic hydroxyl groups is 8. The van der Waals surface area contributed by atoms with Crippen molar-refractivity contribution in [2.75, 3.05) is 27.4 Å². The number of ether oxygens (including phenoxy) is 6. The summed E-state index contributed by atoms with van der Waals surface area (Å²) >= 11 is 0. The molecule has 0 amide bonds. The Balaban J connectivity index is 1.62. The molecule has 0 aromatic heterocycles. The second-order valence-corrected chi connectivity index (χ2v) is 10.7. The van der Waals surface area contributed by atoms with E-state index in [4.69, 9.17) is 28.4 Å². The number of aromatic hydroxyl groups is 2. The molecule has 2 fully saturated rings. The second kappa shape index (κ2) is 12.8. The van der Waals surface area contributed by atoms with Gasteiger partial charge in [0.15, 0.2) is 23.0 Å². The minimum absolute atomic E-state index is 0.288. The number of carbonyl (C=O) groups is 2. The molecular formula is C28H32O18. The van der Waals surface area contributed by atoms with Crippen LogP contribution in [0.4, 0.5) is 0 Å². The van der Waals surface area contributed by atoms with Crippen molar-refractivity contribution in [2.24, 2.45) is 0 Å². The molecule has 0 aliphatic carbocycles. The Kier molecular flexibility index (Phi) is 9.30. The second-order valence-electron chi connectivity index (χ2n) is 10.7. The summed E-state index contributed by atoms with van der Waals surface area (Å²) in [6.45, 7) is -1.58. The number of hydrogen-bond acceptors (Lipinski definition) is 18. The number of carbonyl (C=O) groups excluding carboxylic acids is 2. The van der Waals surface area contributed by atoms with Crippen molar-refractivity contribution in [1.29, 1.82) is 0 Å². The van der Waals surface area contributed by atoms with Crippen LogP contribution in [0.25, 0.3) is 0 Å². The highest BCUT2D eigenvalue weighted by molar-refractivity contribution is 6.04. The van der Waals surface area contributed by atoms with Crippen LogP contribution in [-0.2, 0) is 9.47 Å². The zero-order valence-corrected chi connectivity index (χ0v) is 24.1. The SMILES string of the molecule is COc1c(C2O[C@H](CO)[C@@H](O)[C@H](O)[C@H]2O)cc2c(c1O)OC(=O)c1cc([C@@H]3O[C@H](CO)[C@@H](O)[C@H](O)[C@H]3O)c(OC)c(O)c1OC2=O. The van der Waals surface area contributed by atoms with Gasteiger partial charge in [-0.1, -0.05) is 0 Å². The molecule has 2 aromatic carbocycles. The molecule has 46 heavy (non-hydrogen) atoms. The minimum Gasteiger partial charge on any atom is -0.502 e. The third-order valence-corrected chi connectivity index (χ3v) is 8.11. The molecule has 0 saturated carbocycles. The summed E-state index contributed by atoms with van der Waals surface area (Å²) in [5, 5.41) is 104. The molecule has 5 rings (SSSR count). The topological polar surface area (TPSA) is 292 Å². The molecule has 3 heterocycles. The number of fused-ring (bicyclic) bond motifs is 2.